The fourth-order valence-corrected chi connectivity index (χ4v) is 2.01. The Bertz CT molecular complexity index is 446. The average molecular weight is 279 g/mol. The second kappa shape index (κ2) is 7.65. The fraction of sp³-hybridized carbons (Fsp3) is 0.467. The molecule has 0 saturated heterocycles. The van der Waals surface area contributed by atoms with Crippen molar-refractivity contribution in [1.82, 2.24) is 5.32 Å². The molecular weight excluding hydrogens is 258 g/mol. The van der Waals surface area contributed by atoms with Crippen molar-refractivity contribution in [2.24, 2.45) is 5.92 Å². The van der Waals surface area contributed by atoms with E-state index in [2.05, 4.69) is 5.32 Å². The number of amides is 1. The third kappa shape index (κ3) is 4.35. The maximum atomic E-state index is 12.0. The van der Waals surface area contributed by atoms with Crippen molar-refractivity contribution in [1.29, 1.82) is 0 Å². The van der Waals surface area contributed by atoms with Gasteiger partial charge in [0, 0.05) is 5.92 Å². The second-order valence-electron chi connectivity index (χ2n) is 4.87. The first-order valence-electron chi connectivity index (χ1n) is 6.73. The molecule has 1 rings (SSSR count). The van der Waals surface area contributed by atoms with Crippen LogP contribution >= 0.6 is 0 Å². The van der Waals surface area contributed by atoms with Gasteiger partial charge < -0.3 is 15.5 Å². The molecule has 1 aromatic rings. The van der Waals surface area contributed by atoms with Crippen molar-refractivity contribution in [2.45, 2.75) is 38.8 Å². The molecule has 3 unspecified atom stereocenters. The number of carboxylic acid groups (broad SMARTS) is 1. The molecule has 5 heteroatoms. The van der Waals surface area contributed by atoms with Gasteiger partial charge in [-0.1, -0.05) is 50.6 Å². The van der Waals surface area contributed by atoms with Crippen LogP contribution in [0.25, 0.3) is 0 Å². The van der Waals surface area contributed by atoms with Crippen molar-refractivity contribution in [3.8, 4) is 0 Å². The number of rotatable bonds is 7. The van der Waals surface area contributed by atoms with E-state index in [0.717, 1.165) is 12.8 Å². The number of aliphatic carboxylic acids is 1. The van der Waals surface area contributed by atoms with Crippen LogP contribution in [0.3, 0.4) is 0 Å². The third-order valence-corrected chi connectivity index (χ3v) is 3.19. The molecule has 1 aromatic carbocycles. The molecule has 0 bridgehead atoms. The zero-order valence-corrected chi connectivity index (χ0v) is 11.7. The first kappa shape index (κ1) is 16.2. The predicted molar refractivity (Wildman–Crippen MR) is 75.0 cm³/mol. The molecule has 0 fully saturated rings. The zero-order chi connectivity index (χ0) is 15.1. The van der Waals surface area contributed by atoms with Gasteiger partial charge >= 0.3 is 5.97 Å². The first-order valence-corrected chi connectivity index (χ1v) is 6.73. The first-order chi connectivity index (χ1) is 9.47. The van der Waals surface area contributed by atoms with Crippen molar-refractivity contribution in [2.75, 3.05) is 0 Å². The summed E-state index contributed by atoms with van der Waals surface area (Å²) in [5.74, 6) is -1.82. The molecule has 110 valence electrons. The van der Waals surface area contributed by atoms with Gasteiger partial charge in [0.2, 0.25) is 5.91 Å². The predicted octanol–water partition coefficient (Wildman–Crippen LogP) is 1.73. The monoisotopic (exact) mass is 279 g/mol. The van der Waals surface area contributed by atoms with Gasteiger partial charge in [0.15, 0.2) is 6.10 Å². The van der Waals surface area contributed by atoms with Crippen molar-refractivity contribution in [3.63, 3.8) is 0 Å². The summed E-state index contributed by atoms with van der Waals surface area (Å²) in [6, 6.07) is 7.68. The topological polar surface area (TPSA) is 86.6 Å². The van der Waals surface area contributed by atoms with E-state index >= 15 is 0 Å². The van der Waals surface area contributed by atoms with E-state index < -0.39 is 18.1 Å². The number of aliphatic hydroxyl groups is 1. The number of carboxylic acids is 1. The molecule has 0 aromatic heterocycles. The van der Waals surface area contributed by atoms with Crippen LogP contribution in [0, 0.1) is 5.92 Å². The van der Waals surface area contributed by atoms with E-state index in [-0.39, 0.29) is 11.8 Å². The Hall–Kier alpha value is -1.88. The van der Waals surface area contributed by atoms with Gasteiger partial charge in [-0.25, -0.2) is 4.79 Å². The summed E-state index contributed by atoms with van der Waals surface area (Å²) in [5.41, 5.74) is 0.569. The lowest BCUT2D eigenvalue weighted by atomic mass is 9.99. The van der Waals surface area contributed by atoms with Crippen LogP contribution in [0.2, 0.25) is 0 Å². The van der Waals surface area contributed by atoms with Crippen molar-refractivity contribution >= 4 is 11.9 Å². The van der Waals surface area contributed by atoms with Crippen molar-refractivity contribution < 1.29 is 19.8 Å². The highest BCUT2D eigenvalue weighted by Gasteiger charge is 2.29. The number of nitrogens with one attached hydrogen (secondary N) is 1. The Morgan fingerprint density at radius 3 is 2.35 bits per heavy atom. The normalized spacial score (nSPS) is 15.2. The summed E-state index contributed by atoms with van der Waals surface area (Å²) in [6.07, 6.45) is -0.0852. The van der Waals surface area contributed by atoms with Gasteiger partial charge in [-0.15, -0.1) is 0 Å². The highest BCUT2D eigenvalue weighted by atomic mass is 16.4. The summed E-state index contributed by atoms with van der Waals surface area (Å²) in [5, 5.41) is 21.4. The SMILES string of the molecule is CCCC(C)C(=O)NC(c1ccccc1)C(O)C(=O)O. The molecule has 0 spiro atoms. The van der Waals surface area contributed by atoms with E-state index in [1.165, 1.54) is 0 Å². The smallest absolute Gasteiger partial charge is 0.335 e. The summed E-state index contributed by atoms with van der Waals surface area (Å²) >= 11 is 0. The summed E-state index contributed by atoms with van der Waals surface area (Å²) in [6.45, 7) is 3.76. The third-order valence-electron chi connectivity index (χ3n) is 3.19. The van der Waals surface area contributed by atoms with E-state index in [9.17, 15) is 14.7 Å². The molecule has 3 N–H and O–H groups in total. The number of carbonyl (C=O) groups excluding carboxylic acids is 1. The quantitative estimate of drug-likeness (QED) is 0.709. The number of aliphatic hydroxyl groups excluding tert-OH is 1. The van der Waals surface area contributed by atoms with Gasteiger partial charge in [0.1, 0.15) is 0 Å². The van der Waals surface area contributed by atoms with Crippen LogP contribution < -0.4 is 5.32 Å². The van der Waals surface area contributed by atoms with Crippen molar-refractivity contribution in [3.05, 3.63) is 35.9 Å². The van der Waals surface area contributed by atoms with Crippen LogP contribution in [0.1, 0.15) is 38.3 Å². The lowest BCUT2D eigenvalue weighted by Crippen LogP contribution is -2.42. The molecule has 0 radical (unpaired) electrons. The van der Waals surface area contributed by atoms with Gasteiger partial charge in [-0.2, -0.15) is 0 Å². The number of carbonyl (C=O) groups is 2. The number of benzene rings is 1. The van der Waals surface area contributed by atoms with Crippen LogP contribution in [0.5, 0.6) is 0 Å². The number of hydrogen-bond donors (Lipinski definition) is 3. The molecule has 1 amide bonds. The average Bonchev–Trinajstić information content (AvgIpc) is 2.44. The van der Waals surface area contributed by atoms with Gasteiger partial charge in [-0.05, 0) is 12.0 Å². The van der Waals surface area contributed by atoms with Crippen LogP contribution in [-0.4, -0.2) is 28.2 Å². The minimum atomic E-state index is -1.67. The van der Waals surface area contributed by atoms with E-state index in [4.69, 9.17) is 5.11 Å². The Labute approximate surface area is 118 Å². The Morgan fingerprint density at radius 2 is 1.85 bits per heavy atom. The highest BCUT2D eigenvalue weighted by Crippen LogP contribution is 2.18. The Balaban J connectivity index is 2.89. The lowest BCUT2D eigenvalue weighted by Gasteiger charge is -2.23. The van der Waals surface area contributed by atoms with Crippen LogP contribution in [0.15, 0.2) is 30.3 Å². The van der Waals surface area contributed by atoms with E-state index in [0.29, 0.717) is 5.56 Å². The number of hydrogen-bond acceptors (Lipinski definition) is 3. The largest absolute Gasteiger partial charge is 0.479 e. The maximum absolute atomic E-state index is 12.0. The molecule has 0 aliphatic carbocycles. The molecule has 0 heterocycles. The van der Waals surface area contributed by atoms with Gasteiger partial charge in [-0.3, -0.25) is 4.79 Å². The molecule has 5 nitrogen and oxygen atoms in total. The van der Waals surface area contributed by atoms with Crippen LogP contribution in [0.4, 0.5) is 0 Å². The zero-order valence-electron chi connectivity index (χ0n) is 11.7. The van der Waals surface area contributed by atoms with Crippen LogP contribution in [-0.2, 0) is 9.59 Å². The highest BCUT2D eigenvalue weighted by molar-refractivity contribution is 5.80. The molecular formula is C15H21NO4. The molecule has 0 saturated carbocycles. The standard InChI is InChI=1S/C15H21NO4/c1-3-7-10(2)14(18)16-12(13(17)15(19)20)11-8-5-4-6-9-11/h4-6,8-10,12-13,17H,3,7H2,1-2H3,(H,16,18)(H,19,20). The van der Waals surface area contributed by atoms with Gasteiger partial charge in [0.05, 0.1) is 6.04 Å². The minimum absolute atomic E-state index is 0.216. The molecule has 20 heavy (non-hydrogen) atoms. The van der Waals surface area contributed by atoms with E-state index in [1.54, 1.807) is 37.3 Å². The fourth-order valence-electron chi connectivity index (χ4n) is 2.01. The summed E-state index contributed by atoms with van der Waals surface area (Å²) in [4.78, 5) is 23.0. The molecule has 0 aliphatic rings. The minimum Gasteiger partial charge on any atom is -0.479 e. The summed E-state index contributed by atoms with van der Waals surface area (Å²) in [7, 11) is 0. The Morgan fingerprint density at radius 1 is 1.25 bits per heavy atom. The molecule has 0 aliphatic heterocycles. The lowest BCUT2D eigenvalue weighted by molar-refractivity contribution is -0.149. The summed E-state index contributed by atoms with van der Waals surface area (Å²) < 4.78 is 0. The maximum Gasteiger partial charge on any atom is 0.335 e. The van der Waals surface area contributed by atoms with E-state index in [1.807, 2.05) is 6.92 Å². The second-order valence-corrected chi connectivity index (χ2v) is 4.87. The molecule has 3 atom stereocenters. The van der Waals surface area contributed by atoms with Gasteiger partial charge in [0.25, 0.3) is 0 Å². The Kier molecular flexibility index (Phi) is 6.18.